The van der Waals surface area contributed by atoms with Crippen molar-refractivity contribution < 1.29 is 4.79 Å². The third-order valence-corrected chi connectivity index (χ3v) is 3.12. The standard InChI is InChI=1S/C10H21N3O/c1-4-13(3)9(14)12-10(2,7-11)8-5-6-8/h8H,4-7,11H2,1-3H3,(H,12,14). The third-order valence-electron chi connectivity index (χ3n) is 3.12. The molecule has 1 aliphatic rings. The second kappa shape index (κ2) is 4.17. The fourth-order valence-corrected chi connectivity index (χ4v) is 1.52. The summed E-state index contributed by atoms with van der Waals surface area (Å²) in [4.78, 5) is 13.3. The summed E-state index contributed by atoms with van der Waals surface area (Å²) in [6.45, 7) is 5.22. The van der Waals surface area contributed by atoms with Crippen LogP contribution in [-0.4, -0.2) is 36.6 Å². The van der Waals surface area contributed by atoms with E-state index in [-0.39, 0.29) is 11.6 Å². The van der Waals surface area contributed by atoms with Gasteiger partial charge in [0.25, 0.3) is 0 Å². The van der Waals surface area contributed by atoms with Gasteiger partial charge >= 0.3 is 6.03 Å². The lowest BCUT2D eigenvalue weighted by atomic mass is 9.96. The second-order valence-corrected chi connectivity index (χ2v) is 4.34. The molecule has 4 heteroatoms. The average molecular weight is 199 g/mol. The minimum atomic E-state index is -0.208. The molecule has 3 N–H and O–H groups in total. The molecule has 2 amide bonds. The molecule has 0 heterocycles. The van der Waals surface area contributed by atoms with Crippen LogP contribution in [0.3, 0.4) is 0 Å². The van der Waals surface area contributed by atoms with Crippen LogP contribution >= 0.6 is 0 Å². The molecule has 4 nitrogen and oxygen atoms in total. The normalized spacial score (nSPS) is 20.0. The SMILES string of the molecule is CCN(C)C(=O)NC(C)(CN)C1CC1. The predicted molar refractivity (Wildman–Crippen MR) is 57.0 cm³/mol. The highest BCUT2D eigenvalue weighted by Crippen LogP contribution is 2.38. The van der Waals surface area contributed by atoms with Crippen molar-refractivity contribution in [3.8, 4) is 0 Å². The molecule has 14 heavy (non-hydrogen) atoms. The van der Waals surface area contributed by atoms with Crippen LogP contribution in [0.1, 0.15) is 26.7 Å². The van der Waals surface area contributed by atoms with Crippen molar-refractivity contribution in [3.63, 3.8) is 0 Å². The number of nitrogens with one attached hydrogen (secondary N) is 1. The van der Waals surface area contributed by atoms with E-state index in [4.69, 9.17) is 5.73 Å². The van der Waals surface area contributed by atoms with Crippen LogP contribution in [0.25, 0.3) is 0 Å². The van der Waals surface area contributed by atoms with Gasteiger partial charge in [-0.3, -0.25) is 0 Å². The van der Waals surface area contributed by atoms with Gasteiger partial charge in [-0.2, -0.15) is 0 Å². The summed E-state index contributed by atoms with van der Waals surface area (Å²) in [5.41, 5.74) is 5.50. The van der Waals surface area contributed by atoms with Crippen molar-refractivity contribution in [2.75, 3.05) is 20.1 Å². The van der Waals surface area contributed by atoms with Crippen LogP contribution in [0.5, 0.6) is 0 Å². The second-order valence-electron chi connectivity index (χ2n) is 4.34. The monoisotopic (exact) mass is 199 g/mol. The molecule has 0 aromatic carbocycles. The molecule has 0 radical (unpaired) electrons. The number of urea groups is 1. The highest BCUT2D eigenvalue weighted by atomic mass is 16.2. The van der Waals surface area contributed by atoms with Gasteiger partial charge in [-0.05, 0) is 32.6 Å². The Kier molecular flexibility index (Phi) is 3.37. The van der Waals surface area contributed by atoms with Crippen LogP contribution in [-0.2, 0) is 0 Å². The van der Waals surface area contributed by atoms with E-state index >= 15 is 0 Å². The van der Waals surface area contributed by atoms with Crippen molar-refractivity contribution in [3.05, 3.63) is 0 Å². The smallest absolute Gasteiger partial charge is 0.317 e. The van der Waals surface area contributed by atoms with E-state index in [1.165, 1.54) is 12.8 Å². The van der Waals surface area contributed by atoms with Gasteiger partial charge in [0.2, 0.25) is 0 Å². The van der Waals surface area contributed by atoms with E-state index in [0.29, 0.717) is 12.5 Å². The van der Waals surface area contributed by atoms with E-state index in [2.05, 4.69) is 5.32 Å². The molecule has 1 atom stereocenters. The molecule has 1 aliphatic carbocycles. The zero-order valence-electron chi connectivity index (χ0n) is 9.34. The Bertz CT molecular complexity index is 215. The summed E-state index contributed by atoms with van der Waals surface area (Å²) in [7, 11) is 1.79. The molecular weight excluding hydrogens is 178 g/mol. The Morgan fingerprint density at radius 1 is 1.64 bits per heavy atom. The first-order valence-electron chi connectivity index (χ1n) is 5.27. The molecular formula is C10H21N3O. The van der Waals surface area contributed by atoms with Crippen molar-refractivity contribution in [2.24, 2.45) is 11.7 Å². The molecule has 0 bridgehead atoms. The Morgan fingerprint density at radius 2 is 2.21 bits per heavy atom. The molecule has 0 aromatic rings. The average Bonchev–Trinajstić information content (AvgIpc) is 2.99. The maximum absolute atomic E-state index is 11.6. The molecule has 1 unspecified atom stereocenters. The molecule has 1 saturated carbocycles. The van der Waals surface area contributed by atoms with Gasteiger partial charge in [-0.1, -0.05) is 0 Å². The summed E-state index contributed by atoms with van der Waals surface area (Å²) in [6, 6.07) is -0.0210. The van der Waals surface area contributed by atoms with E-state index in [1.807, 2.05) is 13.8 Å². The molecule has 82 valence electrons. The number of hydrogen-bond acceptors (Lipinski definition) is 2. The predicted octanol–water partition coefficient (Wildman–Crippen LogP) is 0.775. The first-order chi connectivity index (χ1) is 6.53. The minimum absolute atomic E-state index is 0.0210. The van der Waals surface area contributed by atoms with E-state index in [0.717, 1.165) is 6.54 Å². The molecule has 0 saturated heterocycles. The summed E-state index contributed by atoms with van der Waals surface area (Å²) in [5.74, 6) is 0.571. The van der Waals surface area contributed by atoms with Crippen molar-refractivity contribution >= 4 is 6.03 Å². The number of rotatable bonds is 4. The van der Waals surface area contributed by atoms with Crippen molar-refractivity contribution in [2.45, 2.75) is 32.2 Å². The van der Waals surface area contributed by atoms with E-state index in [1.54, 1.807) is 11.9 Å². The minimum Gasteiger partial charge on any atom is -0.331 e. The number of hydrogen-bond donors (Lipinski definition) is 2. The topological polar surface area (TPSA) is 58.4 Å². The fourth-order valence-electron chi connectivity index (χ4n) is 1.52. The van der Waals surface area contributed by atoms with Gasteiger partial charge in [0.15, 0.2) is 0 Å². The molecule has 0 spiro atoms. The largest absolute Gasteiger partial charge is 0.331 e. The molecule has 0 aliphatic heterocycles. The highest BCUT2D eigenvalue weighted by molar-refractivity contribution is 5.74. The van der Waals surface area contributed by atoms with E-state index < -0.39 is 0 Å². The third kappa shape index (κ3) is 2.38. The Balaban J connectivity index is 2.51. The molecule has 1 fully saturated rings. The Labute approximate surface area is 85.8 Å². The summed E-state index contributed by atoms with van der Waals surface area (Å²) >= 11 is 0. The number of nitrogens with zero attached hydrogens (tertiary/aromatic N) is 1. The quantitative estimate of drug-likeness (QED) is 0.703. The maximum Gasteiger partial charge on any atom is 0.317 e. The van der Waals surface area contributed by atoms with Crippen molar-refractivity contribution in [1.29, 1.82) is 0 Å². The lowest BCUT2D eigenvalue weighted by Gasteiger charge is -2.31. The van der Waals surface area contributed by atoms with Gasteiger partial charge in [-0.25, -0.2) is 4.79 Å². The number of carbonyl (C=O) groups excluding carboxylic acids is 1. The molecule has 0 aromatic heterocycles. The zero-order valence-corrected chi connectivity index (χ0v) is 9.34. The lowest BCUT2D eigenvalue weighted by Crippen LogP contribution is -2.56. The van der Waals surface area contributed by atoms with Gasteiger partial charge in [-0.15, -0.1) is 0 Å². The number of amides is 2. The highest BCUT2D eigenvalue weighted by Gasteiger charge is 2.41. The van der Waals surface area contributed by atoms with E-state index in [9.17, 15) is 4.79 Å². The van der Waals surface area contributed by atoms with Crippen LogP contribution in [0.15, 0.2) is 0 Å². The molecule has 1 rings (SSSR count). The van der Waals surface area contributed by atoms with Crippen LogP contribution in [0.2, 0.25) is 0 Å². The first kappa shape index (κ1) is 11.3. The van der Waals surface area contributed by atoms with Gasteiger partial charge < -0.3 is 16.0 Å². The van der Waals surface area contributed by atoms with Gasteiger partial charge in [0, 0.05) is 20.1 Å². The van der Waals surface area contributed by atoms with Gasteiger partial charge in [0.1, 0.15) is 0 Å². The van der Waals surface area contributed by atoms with Crippen LogP contribution in [0.4, 0.5) is 4.79 Å². The van der Waals surface area contributed by atoms with Crippen LogP contribution in [0, 0.1) is 5.92 Å². The zero-order chi connectivity index (χ0) is 10.8. The van der Waals surface area contributed by atoms with Gasteiger partial charge in [0.05, 0.1) is 5.54 Å². The fraction of sp³-hybridized carbons (Fsp3) is 0.900. The maximum atomic E-state index is 11.6. The summed E-state index contributed by atoms with van der Waals surface area (Å²) < 4.78 is 0. The Morgan fingerprint density at radius 3 is 2.57 bits per heavy atom. The Hall–Kier alpha value is -0.770. The number of nitrogens with two attached hydrogens (primary N) is 1. The van der Waals surface area contributed by atoms with Crippen LogP contribution < -0.4 is 11.1 Å². The van der Waals surface area contributed by atoms with Crippen molar-refractivity contribution in [1.82, 2.24) is 10.2 Å². The summed E-state index contributed by atoms with van der Waals surface area (Å²) in [5, 5.41) is 3.02. The number of carbonyl (C=O) groups is 1. The first-order valence-corrected chi connectivity index (χ1v) is 5.27. The summed E-state index contributed by atoms with van der Waals surface area (Å²) in [6.07, 6.45) is 2.37. The lowest BCUT2D eigenvalue weighted by molar-refractivity contribution is 0.193.